The topological polar surface area (TPSA) is 111 Å². The summed E-state index contributed by atoms with van der Waals surface area (Å²) in [5.41, 5.74) is 0. The fourth-order valence-electron chi connectivity index (χ4n) is 3.86. The number of sulfonamides is 1. The highest BCUT2D eigenvalue weighted by Gasteiger charge is 2.32. The smallest absolute Gasteiger partial charge is 0.246 e. The third-order valence-electron chi connectivity index (χ3n) is 5.56. The number of hydrogen-bond acceptors (Lipinski definition) is 6. The molecule has 2 N–H and O–H groups in total. The molecule has 3 heterocycles. The molecule has 9 nitrogen and oxygen atoms in total. The van der Waals surface area contributed by atoms with Crippen LogP contribution in [0.4, 0.5) is 11.9 Å². The zero-order valence-electron chi connectivity index (χ0n) is 16.2. The molecule has 4 rings (SSSR count). The van der Waals surface area contributed by atoms with Gasteiger partial charge < -0.3 is 4.90 Å². The van der Waals surface area contributed by atoms with Crippen molar-refractivity contribution in [1.82, 2.24) is 19.5 Å². The molecular weight excluding hydrogens is 392 g/mol. The Balaban J connectivity index is 1.32. The van der Waals surface area contributed by atoms with Crippen LogP contribution in [-0.4, -0.2) is 60.0 Å². The Morgan fingerprint density at radius 2 is 1.72 bits per heavy atom. The summed E-state index contributed by atoms with van der Waals surface area (Å²) in [5, 5.41) is 9.78. The van der Waals surface area contributed by atoms with E-state index in [-0.39, 0.29) is 16.7 Å². The molecule has 0 atom stereocenters. The third kappa shape index (κ3) is 4.43. The number of anilines is 2. The van der Waals surface area contributed by atoms with Crippen molar-refractivity contribution in [2.75, 3.05) is 36.4 Å². The number of benzene rings is 1. The Hall–Kier alpha value is -2.46. The van der Waals surface area contributed by atoms with Gasteiger partial charge in [-0.2, -0.15) is 9.29 Å². The quantitative estimate of drug-likeness (QED) is 0.766. The van der Waals surface area contributed by atoms with E-state index in [0.717, 1.165) is 25.9 Å². The number of aromatic amines is 1. The van der Waals surface area contributed by atoms with Crippen molar-refractivity contribution >= 4 is 27.8 Å². The zero-order chi connectivity index (χ0) is 20.3. The largest absolute Gasteiger partial charge is 0.340 e. The molecular formula is C19H26N6O3S. The first-order chi connectivity index (χ1) is 14.0. The Labute approximate surface area is 170 Å². The summed E-state index contributed by atoms with van der Waals surface area (Å²) in [6.45, 7) is 2.51. The first kappa shape index (κ1) is 19.8. The van der Waals surface area contributed by atoms with Crippen LogP contribution in [0, 0.1) is 5.92 Å². The molecule has 0 aliphatic carbocycles. The van der Waals surface area contributed by atoms with Gasteiger partial charge in [0.25, 0.3) is 0 Å². The number of amides is 1. The number of carbonyl (C=O) groups excluding carboxylic acids is 1. The van der Waals surface area contributed by atoms with E-state index in [1.807, 2.05) is 0 Å². The van der Waals surface area contributed by atoms with E-state index < -0.39 is 10.0 Å². The molecule has 0 spiro atoms. The molecule has 1 amide bonds. The van der Waals surface area contributed by atoms with Crippen LogP contribution in [0.5, 0.6) is 0 Å². The van der Waals surface area contributed by atoms with Crippen molar-refractivity contribution in [3.8, 4) is 0 Å². The predicted octanol–water partition coefficient (Wildman–Crippen LogP) is 1.83. The summed E-state index contributed by atoms with van der Waals surface area (Å²) >= 11 is 0. The highest BCUT2D eigenvalue weighted by Crippen LogP contribution is 2.25. The standard InChI is InChI=1S/C19H26N6O3S/c26-17(20-18-21-19(23-22-18)24-11-5-2-6-12-24)15-9-13-25(14-10-15)29(27,28)16-7-3-1-4-8-16/h1,3-4,7-8,15H,2,5-6,9-14H2,(H2,20,21,22,23,26). The molecule has 2 aromatic rings. The van der Waals surface area contributed by atoms with Crippen molar-refractivity contribution in [3.63, 3.8) is 0 Å². The van der Waals surface area contributed by atoms with Gasteiger partial charge in [-0.15, -0.1) is 5.10 Å². The molecule has 0 saturated carbocycles. The maximum absolute atomic E-state index is 12.7. The van der Waals surface area contributed by atoms with Crippen molar-refractivity contribution in [2.45, 2.75) is 37.0 Å². The van der Waals surface area contributed by atoms with Crippen LogP contribution in [0.15, 0.2) is 35.2 Å². The first-order valence-electron chi connectivity index (χ1n) is 10.1. The maximum atomic E-state index is 12.7. The normalized spacial score (nSPS) is 19.2. The van der Waals surface area contributed by atoms with Gasteiger partial charge in [0.2, 0.25) is 27.8 Å². The average molecular weight is 419 g/mol. The monoisotopic (exact) mass is 418 g/mol. The van der Waals surface area contributed by atoms with Crippen molar-refractivity contribution in [2.24, 2.45) is 5.92 Å². The number of rotatable bonds is 5. The number of nitrogens with zero attached hydrogens (tertiary/aromatic N) is 4. The first-order valence-corrected chi connectivity index (χ1v) is 11.5. The van der Waals surface area contributed by atoms with Crippen LogP contribution in [0.3, 0.4) is 0 Å². The number of piperidine rings is 2. The summed E-state index contributed by atoms with van der Waals surface area (Å²) < 4.78 is 26.9. The second-order valence-electron chi connectivity index (χ2n) is 7.51. The molecule has 2 saturated heterocycles. The summed E-state index contributed by atoms with van der Waals surface area (Å²) in [7, 11) is -3.51. The number of H-pyrrole nitrogens is 1. The van der Waals surface area contributed by atoms with Gasteiger partial charge in [0.1, 0.15) is 0 Å². The number of aromatic nitrogens is 3. The molecule has 0 unspecified atom stereocenters. The molecule has 10 heteroatoms. The molecule has 2 aliphatic heterocycles. The lowest BCUT2D eigenvalue weighted by Crippen LogP contribution is -2.41. The fraction of sp³-hybridized carbons (Fsp3) is 0.526. The zero-order valence-corrected chi connectivity index (χ0v) is 17.1. The van der Waals surface area contributed by atoms with Gasteiger partial charge in [-0.25, -0.2) is 13.5 Å². The van der Waals surface area contributed by atoms with Crippen LogP contribution in [0.2, 0.25) is 0 Å². The molecule has 29 heavy (non-hydrogen) atoms. The highest BCUT2D eigenvalue weighted by atomic mass is 32.2. The lowest BCUT2D eigenvalue weighted by atomic mass is 9.97. The summed E-state index contributed by atoms with van der Waals surface area (Å²) in [6, 6.07) is 8.40. The van der Waals surface area contributed by atoms with E-state index in [0.29, 0.717) is 37.8 Å². The van der Waals surface area contributed by atoms with Crippen LogP contribution in [-0.2, 0) is 14.8 Å². The molecule has 156 valence electrons. The van der Waals surface area contributed by atoms with Gasteiger partial charge in [-0.3, -0.25) is 10.1 Å². The summed E-state index contributed by atoms with van der Waals surface area (Å²) in [5.74, 6) is 0.558. The molecule has 1 aromatic carbocycles. The Kier molecular flexibility index (Phi) is 5.81. The van der Waals surface area contributed by atoms with Gasteiger partial charge in [0.15, 0.2) is 0 Å². The van der Waals surface area contributed by atoms with Gasteiger partial charge >= 0.3 is 0 Å². The second kappa shape index (κ2) is 8.50. The third-order valence-corrected chi connectivity index (χ3v) is 7.47. The molecule has 0 radical (unpaired) electrons. The average Bonchev–Trinajstić information content (AvgIpc) is 3.23. The summed E-state index contributed by atoms with van der Waals surface area (Å²) in [6.07, 6.45) is 4.43. The number of carbonyl (C=O) groups is 1. The van der Waals surface area contributed by atoms with E-state index in [1.54, 1.807) is 30.3 Å². The minimum absolute atomic E-state index is 0.150. The van der Waals surface area contributed by atoms with Crippen molar-refractivity contribution in [3.05, 3.63) is 30.3 Å². The van der Waals surface area contributed by atoms with Gasteiger partial charge in [0.05, 0.1) is 4.90 Å². The van der Waals surface area contributed by atoms with E-state index >= 15 is 0 Å². The predicted molar refractivity (Wildman–Crippen MR) is 109 cm³/mol. The maximum Gasteiger partial charge on any atom is 0.246 e. The van der Waals surface area contributed by atoms with E-state index in [4.69, 9.17) is 0 Å². The highest BCUT2D eigenvalue weighted by molar-refractivity contribution is 7.89. The minimum Gasteiger partial charge on any atom is -0.340 e. The van der Waals surface area contributed by atoms with Crippen LogP contribution in [0.25, 0.3) is 0 Å². The van der Waals surface area contributed by atoms with Gasteiger partial charge in [-0.1, -0.05) is 18.2 Å². The minimum atomic E-state index is -3.51. The molecule has 0 bridgehead atoms. The lowest BCUT2D eigenvalue weighted by Gasteiger charge is -2.30. The fourth-order valence-corrected chi connectivity index (χ4v) is 5.35. The van der Waals surface area contributed by atoms with Crippen LogP contribution >= 0.6 is 0 Å². The lowest BCUT2D eigenvalue weighted by molar-refractivity contribution is -0.121. The van der Waals surface area contributed by atoms with E-state index in [9.17, 15) is 13.2 Å². The van der Waals surface area contributed by atoms with Gasteiger partial charge in [0, 0.05) is 32.1 Å². The molecule has 1 aromatic heterocycles. The van der Waals surface area contributed by atoms with Crippen LogP contribution < -0.4 is 10.2 Å². The van der Waals surface area contributed by atoms with E-state index in [1.165, 1.54) is 10.7 Å². The number of hydrogen-bond donors (Lipinski definition) is 2. The SMILES string of the molecule is O=C(Nc1nc(N2CCCCC2)n[nH]1)C1CCN(S(=O)(=O)c2ccccc2)CC1. The van der Waals surface area contributed by atoms with E-state index in [2.05, 4.69) is 25.4 Å². The van der Waals surface area contributed by atoms with Crippen molar-refractivity contribution in [1.29, 1.82) is 0 Å². The second-order valence-corrected chi connectivity index (χ2v) is 9.45. The van der Waals surface area contributed by atoms with Gasteiger partial charge in [-0.05, 0) is 44.2 Å². The summed E-state index contributed by atoms with van der Waals surface area (Å²) in [4.78, 5) is 19.4. The molecule has 2 fully saturated rings. The Morgan fingerprint density at radius 1 is 1.03 bits per heavy atom. The number of nitrogens with one attached hydrogen (secondary N) is 2. The Morgan fingerprint density at radius 3 is 2.41 bits per heavy atom. The Bertz CT molecular complexity index is 932. The van der Waals surface area contributed by atoms with Crippen molar-refractivity contribution < 1.29 is 13.2 Å². The van der Waals surface area contributed by atoms with Crippen LogP contribution in [0.1, 0.15) is 32.1 Å². The molecule has 2 aliphatic rings.